The molecule has 2 unspecified atom stereocenters. The van der Waals surface area contributed by atoms with Gasteiger partial charge in [-0.05, 0) is 64.3 Å². The SMILES string of the molecule is CCC(C)c1ccc(NC(C)c2sccc2Br)cc1. The van der Waals surface area contributed by atoms with Gasteiger partial charge in [-0.1, -0.05) is 26.0 Å². The van der Waals surface area contributed by atoms with Crippen LogP contribution in [0.2, 0.25) is 0 Å². The maximum Gasteiger partial charge on any atom is 0.0589 e. The van der Waals surface area contributed by atoms with Crippen molar-refractivity contribution in [2.45, 2.75) is 39.2 Å². The van der Waals surface area contributed by atoms with E-state index in [1.54, 1.807) is 11.3 Å². The highest BCUT2D eigenvalue weighted by atomic mass is 79.9. The minimum atomic E-state index is 0.323. The lowest BCUT2D eigenvalue weighted by Crippen LogP contribution is -2.05. The molecule has 0 saturated carbocycles. The second kappa shape index (κ2) is 6.58. The molecule has 0 saturated heterocycles. The Morgan fingerprint density at radius 1 is 1.16 bits per heavy atom. The van der Waals surface area contributed by atoms with E-state index in [4.69, 9.17) is 0 Å². The Morgan fingerprint density at radius 3 is 2.37 bits per heavy atom. The Balaban J connectivity index is 2.06. The molecule has 1 heterocycles. The van der Waals surface area contributed by atoms with Crippen molar-refractivity contribution in [2.75, 3.05) is 5.32 Å². The molecule has 2 aromatic rings. The van der Waals surface area contributed by atoms with Crippen molar-refractivity contribution in [3.8, 4) is 0 Å². The first-order chi connectivity index (χ1) is 9.11. The predicted octanol–water partition coefficient (Wildman–Crippen LogP) is 6.20. The van der Waals surface area contributed by atoms with E-state index >= 15 is 0 Å². The second-order valence-electron chi connectivity index (χ2n) is 4.93. The topological polar surface area (TPSA) is 12.0 Å². The van der Waals surface area contributed by atoms with Crippen LogP contribution in [-0.4, -0.2) is 0 Å². The normalized spacial score (nSPS) is 14.1. The molecular formula is C16H20BrNS. The molecule has 0 spiro atoms. The summed E-state index contributed by atoms with van der Waals surface area (Å²) in [6.45, 7) is 6.69. The van der Waals surface area contributed by atoms with Crippen LogP contribution in [0.25, 0.3) is 0 Å². The minimum absolute atomic E-state index is 0.323. The number of hydrogen-bond acceptors (Lipinski definition) is 2. The van der Waals surface area contributed by atoms with Gasteiger partial charge in [0.25, 0.3) is 0 Å². The number of rotatable bonds is 5. The third kappa shape index (κ3) is 3.61. The molecule has 0 radical (unpaired) electrons. The third-order valence-electron chi connectivity index (χ3n) is 3.51. The average Bonchev–Trinajstić information content (AvgIpc) is 2.85. The molecule has 0 fully saturated rings. The molecule has 0 aliphatic heterocycles. The summed E-state index contributed by atoms with van der Waals surface area (Å²) in [5.41, 5.74) is 2.60. The lowest BCUT2D eigenvalue weighted by atomic mass is 9.98. The lowest BCUT2D eigenvalue weighted by Gasteiger charge is -2.16. The van der Waals surface area contributed by atoms with Crippen LogP contribution < -0.4 is 5.32 Å². The summed E-state index contributed by atoms with van der Waals surface area (Å²) in [6, 6.07) is 11.2. The summed E-state index contributed by atoms with van der Waals surface area (Å²) >= 11 is 5.37. The van der Waals surface area contributed by atoms with Crippen LogP contribution in [0.5, 0.6) is 0 Å². The summed E-state index contributed by atoms with van der Waals surface area (Å²) < 4.78 is 1.19. The monoisotopic (exact) mass is 337 g/mol. The van der Waals surface area contributed by atoms with Crippen molar-refractivity contribution in [2.24, 2.45) is 0 Å². The van der Waals surface area contributed by atoms with Crippen molar-refractivity contribution in [1.29, 1.82) is 0 Å². The highest BCUT2D eigenvalue weighted by molar-refractivity contribution is 9.10. The van der Waals surface area contributed by atoms with Crippen molar-refractivity contribution >= 4 is 33.0 Å². The van der Waals surface area contributed by atoms with Gasteiger partial charge in [0.1, 0.15) is 0 Å². The van der Waals surface area contributed by atoms with Crippen LogP contribution in [0.15, 0.2) is 40.2 Å². The summed E-state index contributed by atoms with van der Waals surface area (Å²) in [6.07, 6.45) is 1.19. The number of benzene rings is 1. The van der Waals surface area contributed by atoms with Crippen LogP contribution in [0.4, 0.5) is 5.69 Å². The van der Waals surface area contributed by atoms with Crippen LogP contribution >= 0.6 is 27.3 Å². The van der Waals surface area contributed by atoms with Gasteiger partial charge in [-0.3, -0.25) is 0 Å². The first kappa shape index (κ1) is 14.6. The molecular weight excluding hydrogens is 318 g/mol. The highest BCUT2D eigenvalue weighted by Gasteiger charge is 2.10. The molecule has 1 aromatic carbocycles. The van der Waals surface area contributed by atoms with E-state index in [0.717, 1.165) is 0 Å². The van der Waals surface area contributed by atoms with Crippen LogP contribution in [-0.2, 0) is 0 Å². The van der Waals surface area contributed by atoms with Crippen molar-refractivity contribution in [1.82, 2.24) is 0 Å². The van der Waals surface area contributed by atoms with E-state index in [2.05, 4.69) is 77.7 Å². The molecule has 0 aliphatic carbocycles. The van der Waals surface area contributed by atoms with Gasteiger partial charge in [-0.2, -0.15) is 0 Å². The molecule has 1 N–H and O–H groups in total. The fraction of sp³-hybridized carbons (Fsp3) is 0.375. The maximum absolute atomic E-state index is 3.59. The highest BCUT2D eigenvalue weighted by Crippen LogP contribution is 2.31. The second-order valence-corrected chi connectivity index (χ2v) is 6.73. The lowest BCUT2D eigenvalue weighted by molar-refractivity contribution is 0.733. The third-order valence-corrected chi connectivity index (χ3v) is 5.57. The Labute approximate surface area is 128 Å². The molecule has 2 rings (SSSR count). The Hall–Kier alpha value is -0.800. The van der Waals surface area contributed by atoms with Gasteiger partial charge in [0.05, 0.1) is 6.04 Å². The first-order valence-electron chi connectivity index (χ1n) is 6.71. The van der Waals surface area contributed by atoms with Gasteiger partial charge < -0.3 is 5.32 Å². The Bertz CT molecular complexity index is 518. The van der Waals surface area contributed by atoms with Gasteiger partial charge in [-0.25, -0.2) is 0 Å². The molecule has 3 heteroatoms. The largest absolute Gasteiger partial charge is 0.378 e. The van der Waals surface area contributed by atoms with Crippen molar-refractivity contribution in [3.63, 3.8) is 0 Å². The first-order valence-corrected chi connectivity index (χ1v) is 8.38. The fourth-order valence-corrected chi connectivity index (χ4v) is 3.80. The Morgan fingerprint density at radius 2 is 1.84 bits per heavy atom. The molecule has 0 aliphatic rings. The maximum atomic E-state index is 3.59. The van der Waals surface area contributed by atoms with Gasteiger partial charge in [-0.15, -0.1) is 11.3 Å². The summed E-state index contributed by atoms with van der Waals surface area (Å²) in [4.78, 5) is 1.34. The standard InChI is InChI=1S/C16H20BrNS/c1-4-11(2)13-5-7-14(8-6-13)18-12(3)16-15(17)9-10-19-16/h5-12,18H,4H2,1-3H3. The Kier molecular flexibility index (Phi) is 5.06. The van der Waals surface area contributed by atoms with E-state index in [-0.39, 0.29) is 0 Å². The van der Waals surface area contributed by atoms with Crippen molar-refractivity contribution < 1.29 is 0 Å². The summed E-state index contributed by atoms with van der Waals surface area (Å²) in [5.74, 6) is 0.637. The summed E-state index contributed by atoms with van der Waals surface area (Å²) in [7, 11) is 0. The molecule has 1 nitrogen and oxygen atoms in total. The van der Waals surface area contributed by atoms with Gasteiger partial charge in [0.15, 0.2) is 0 Å². The van der Waals surface area contributed by atoms with Gasteiger partial charge >= 0.3 is 0 Å². The van der Waals surface area contributed by atoms with Crippen LogP contribution in [0.1, 0.15) is 49.6 Å². The minimum Gasteiger partial charge on any atom is -0.378 e. The van der Waals surface area contributed by atoms with E-state index < -0.39 is 0 Å². The molecule has 0 bridgehead atoms. The van der Waals surface area contributed by atoms with Gasteiger partial charge in [0.2, 0.25) is 0 Å². The number of nitrogens with one attached hydrogen (secondary N) is 1. The van der Waals surface area contributed by atoms with Crippen molar-refractivity contribution in [3.05, 3.63) is 50.6 Å². The molecule has 19 heavy (non-hydrogen) atoms. The molecule has 102 valence electrons. The average molecular weight is 338 g/mol. The van der Waals surface area contributed by atoms with Crippen LogP contribution in [0, 0.1) is 0 Å². The van der Waals surface area contributed by atoms with E-state index in [0.29, 0.717) is 12.0 Å². The number of anilines is 1. The van der Waals surface area contributed by atoms with E-state index in [1.165, 1.54) is 27.0 Å². The van der Waals surface area contributed by atoms with E-state index in [9.17, 15) is 0 Å². The predicted molar refractivity (Wildman–Crippen MR) is 89.2 cm³/mol. The smallest absolute Gasteiger partial charge is 0.0589 e. The molecule has 1 aromatic heterocycles. The quantitative estimate of drug-likeness (QED) is 0.685. The van der Waals surface area contributed by atoms with E-state index in [1.807, 2.05) is 0 Å². The number of thiophene rings is 1. The number of halogens is 1. The molecule has 0 amide bonds. The summed E-state index contributed by atoms with van der Waals surface area (Å²) in [5, 5.41) is 5.66. The van der Waals surface area contributed by atoms with Crippen LogP contribution in [0.3, 0.4) is 0 Å². The number of hydrogen-bond donors (Lipinski definition) is 1. The van der Waals surface area contributed by atoms with Gasteiger partial charge in [0, 0.05) is 15.0 Å². The molecule has 2 atom stereocenters. The fourth-order valence-electron chi connectivity index (χ4n) is 2.07. The zero-order valence-electron chi connectivity index (χ0n) is 11.6. The zero-order valence-corrected chi connectivity index (χ0v) is 14.0. The zero-order chi connectivity index (χ0) is 13.8.